The summed E-state index contributed by atoms with van der Waals surface area (Å²) in [5, 5.41) is 3.43. The first-order valence-corrected chi connectivity index (χ1v) is 6.89. The van der Waals surface area contributed by atoms with Gasteiger partial charge in [-0.15, -0.1) is 0 Å². The first-order valence-electron chi connectivity index (χ1n) is 6.89. The third-order valence-corrected chi connectivity index (χ3v) is 4.21. The van der Waals surface area contributed by atoms with Crippen LogP contribution in [0.3, 0.4) is 0 Å². The molecule has 0 aliphatic carbocycles. The van der Waals surface area contributed by atoms with Crippen LogP contribution in [0, 0.1) is 10.8 Å². The van der Waals surface area contributed by atoms with Crippen LogP contribution in [-0.4, -0.2) is 37.0 Å². The van der Waals surface area contributed by atoms with E-state index < -0.39 is 0 Å². The summed E-state index contributed by atoms with van der Waals surface area (Å²) in [7, 11) is 0. The van der Waals surface area contributed by atoms with E-state index in [0.717, 1.165) is 32.6 Å². The molecule has 1 N–H and O–H groups in total. The fraction of sp³-hybridized carbons (Fsp3) is 0.929. The van der Waals surface area contributed by atoms with Gasteiger partial charge < -0.3 is 10.2 Å². The SMILES string of the molecule is CC(C)(C)CCC(=O)N1CCC2(CCNC2)C1. The van der Waals surface area contributed by atoms with Gasteiger partial charge in [-0.05, 0) is 31.2 Å². The Morgan fingerprint density at radius 3 is 2.71 bits per heavy atom. The minimum absolute atomic E-state index is 0.266. The van der Waals surface area contributed by atoms with Crippen molar-refractivity contribution in [2.75, 3.05) is 26.2 Å². The number of nitrogens with zero attached hydrogens (tertiary/aromatic N) is 1. The second-order valence-corrected chi connectivity index (χ2v) is 7.05. The molecule has 1 amide bonds. The standard InChI is InChI=1S/C14H26N2O/c1-13(2,3)5-4-12(17)16-9-7-14(11-16)6-8-15-10-14/h15H,4-11H2,1-3H3. The zero-order chi connectivity index (χ0) is 12.5. The summed E-state index contributed by atoms with van der Waals surface area (Å²) in [4.78, 5) is 14.2. The summed E-state index contributed by atoms with van der Waals surface area (Å²) >= 11 is 0. The van der Waals surface area contributed by atoms with Crippen molar-refractivity contribution in [2.45, 2.75) is 46.5 Å². The highest BCUT2D eigenvalue weighted by Crippen LogP contribution is 2.36. The molecule has 2 saturated heterocycles. The summed E-state index contributed by atoms with van der Waals surface area (Å²) < 4.78 is 0. The Morgan fingerprint density at radius 1 is 1.35 bits per heavy atom. The van der Waals surface area contributed by atoms with Gasteiger partial charge >= 0.3 is 0 Å². The summed E-state index contributed by atoms with van der Waals surface area (Å²) in [6.45, 7) is 10.8. The normalized spacial score (nSPS) is 29.2. The van der Waals surface area contributed by atoms with Gasteiger partial charge in [0, 0.05) is 31.5 Å². The van der Waals surface area contributed by atoms with E-state index in [-0.39, 0.29) is 5.41 Å². The molecule has 1 spiro atoms. The van der Waals surface area contributed by atoms with E-state index in [9.17, 15) is 4.79 Å². The molecule has 0 aromatic rings. The van der Waals surface area contributed by atoms with Crippen LogP contribution in [0.4, 0.5) is 0 Å². The average molecular weight is 238 g/mol. The molecule has 98 valence electrons. The van der Waals surface area contributed by atoms with Gasteiger partial charge in [0.2, 0.25) is 5.91 Å². The molecule has 1 unspecified atom stereocenters. The van der Waals surface area contributed by atoms with E-state index >= 15 is 0 Å². The lowest BCUT2D eigenvalue weighted by Gasteiger charge is -2.24. The summed E-state index contributed by atoms with van der Waals surface area (Å²) in [5.41, 5.74) is 0.680. The fourth-order valence-corrected chi connectivity index (χ4v) is 2.93. The smallest absolute Gasteiger partial charge is 0.222 e. The Balaban J connectivity index is 1.82. The van der Waals surface area contributed by atoms with Gasteiger partial charge in [-0.3, -0.25) is 4.79 Å². The van der Waals surface area contributed by atoms with E-state index in [1.165, 1.54) is 12.8 Å². The highest BCUT2D eigenvalue weighted by Gasteiger charge is 2.41. The topological polar surface area (TPSA) is 32.3 Å². The highest BCUT2D eigenvalue weighted by molar-refractivity contribution is 5.76. The number of amides is 1. The largest absolute Gasteiger partial charge is 0.342 e. The molecular weight excluding hydrogens is 212 g/mol. The van der Waals surface area contributed by atoms with Gasteiger partial charge in [-0.1, -0.05) is 20.8 Å². The maximum absolute atomic E-state index is 12.1. The monoisotopic (exact) mass is 238 g/mol. The van der Waals surface area contributed by atoms with Crippen LogP contribution < -0.4 is 5.32 Å². The Labute approximate surface area is 105 Å². The summed E-state index contributed by atoms with van der Waals surface area (Å²) in [6, 6.07) is 0. The van der Waals surface area contributed by atoms with Crippen LogP contribution in [0.2, 0.25) is 0 Å². The Kier molecular flexibility index (Phi) is 3.48. The lowest BCUT2D eigenvalue weighted by molar-refractivity contribution is -0.131. The molecule has 17 heavy (non-hydrogen) atoms. The predicted octanol–water partition coefficient (Wildman–Crippen LogP) is 2.02. The van der Waals surface area contributed by atoms with Gasteiger partial charge in [0.15, 0.2) is 0 Å². The van der Waals surface area contributed by atoms with Gasteiger partial charge in [-0.25, -0.2) is 0 Å². The predicted molar refractivity (Wildman–Crippen MR) is 69.8 cm³/mol. The van der Waals surface area contributed by atoms with E-state index in [1.54, 1.807) is 0 Å². The van der Waals surface area contributed by atoms with Gasteiger partial charge in [0.25, 0.3) is 0 Å². The molecule has 3 nitrogen and oxygen atoms in total. The Bertz CT molecular complexity index is 287. The number of hydrogen-bond acceptors (Lipinski definition) is 2. The molecule has 0 radical (unpaired) electrons. The molecule has 2 aliphatic rings. The highest BCUT2D eigenvalue weighted by atomic mass is 16.2. The molecule has 2 fully saturated rings. The fourth-order valence-electron chi connectivity index (χ4n) is 2.93. The van der Waals surface area contributed by atoms with Crippen LogP contribution in [0.15, 0.2) is 0 Å². The van der Waals surface area contributed by atoms with Crippen LogP contribution in [-0.2, 0) is 4.79 Å². The van der Waals surface area contributed by atoms with Crippen molar-refractivity contribution in [1.29, 1.82) is 0 Å². The van der Waals surface area contributed by atoms with Crippen LogP contribution in [0.1, 0.15) is 46.5 Å². The van der Waals surface area contributed by atoms with E-state index in [2.05, 4.69) is 31.0 Å². The molecule has 0 bridgehead atoms. The molecule has 0 aromatic carbocycles. The molecule has 2 rings (SSSR count). The molecule has 0 aromatic heterocycles. The molecule has 1 atom stereocenters. The third-order valence-electron chi connectivity index (χ3n) is 4.21. The number of likely N-dealkylation sites (tertiary alicyclic amines) is 1. The Hall–Kier alpha value is -0.570. The lowest BCUT2D eigenvalue weighted by Crippen LogP contribution is -2.33. The number of carbonyl (C=O) groups is 1. The first kappa shape index (κ1) is 12.9. The zero-order valence-corrected chi connectivity index (χ0v) is 11.5. The van der Waals surface area contributed by atoms with Gasteiger partial charge in [-0.2, -0.15) is 0 Å². The van der Waals surface area contributed by atoms with Crippen molar-refractivity contribution in [3.63, 3.8) is 0 Å². The molecule has 2 heterocycles. The van der Waals surface area contributed by atoms with Crippen molar-refractivity contribution in [3.8, 4) is 0 Å². The number of nitrogens with one attached hydrogen (secondary N) is 1. The van der Waals surface area contributed by atoms with Crippen molar-refractivity contribution in [1.82, 2.24) is 10.2 Å². The molecule has 0 saturated carbocycles. The maximum atomic E-state index is 12.1. The minimum atomic E-state index is 0.266. The maximum Gasteiger partial charge on any atom is 0.222 e. The second kappa shape index (κ2) is 4.60. The second-order valence-electron chi connectivity index (χ2n) is 7.05. The Morgan fingerprint density at radius 2 is 2.12 bits per heavy atom. The number of carbonyl (C=O) groups excluding carboxylic acids is 1. The van der Waals surface area contributed by atoms with Crippen LogP contribution in [0.25, 0.3) is 0 Å². The third kappa shape index (κ3) is 3.21. The van der Waals surface area contributed by atoms with Gasteiger partial charge in [0.1, 0.15) is 0 Å². The lowest BCUT2D eigenvalue weighted by atomic mass is 9.86. The van der Waals surface area contributed by atoms with E-state index in [4.69, 9.17) is 0 Å². The summed E-state index contributed by atoms with van der Waals surface area (Å²) in [5.74, 6) is 0.365. The van der Waals surface area contributed by atoms with Crippen molar-refractivity contribution >= 4 is 5.91 Å². The van der Waals surface area contributed by atoms with Gasteiger partial charge in [0.05, 0.1) is 0 Å². The molecule has 2 aliphatic heterocycles. The quantitative estimate of drug-likeness (QED) is 0.798. The van der Waals surface area contributed by atoms with Crippen LogP contribution >= 0.6 is 0 Å². The molecular formula is C14H26N2O. The summed E-state index contributed by atoms with van der Waals surface area (Å²) in [6.07, 6.45) is 4.15. The van der Waals surface area contributed by atoms with Crippen molar-refractivity contribution in [2.24, 2.45) is 10.8 Å². The molecule has 3 heteroatoms. The van der Waals surface area contributed by atoms with Crippen LogP contribution in [0.5, 0.6) is 0 Å². The number of rotatable bonds is 2. The average Bonchev–Trinajstić information content (AvgIpc) is 2.85. The van der Waals surface area contributed by atoms with Crippen molar-refractivity contribution < 1.29 is 4.79 Å². The van der Waals surface area contributed by atoms with E-state index in [0.29, 0.717) is 17.7 Å². The minimum Gasteiger partial charge on any atom is -0.342 e. The number of hydrogen-bond donors (Lipinski definition) is 1. The van der Waals surface area contributed by atoms with Crippen molar-refractivity contribution in [3.05, 3.63) is 0 Å². The zero-order valence-electron chi connectivity index (χ0n) is 11.5. The van der Waals surface area contributed by atoms with E-state index in [1.807, 2.05) is 0 Å². The first-order chi connectivity index (χ1) is 7.90.